The molecule has 0 bridgehead atoms. The van der Waals surface area contributed by atoms with Gasteiger partial charge < -0.3 is 9.84 Å². The fourth-order valence-corrected chi connectivity index (χ4v) is 5.67. The van der Waals surface area contributed by atoms with Gasteiger partial charge in [-0.3, -0.25) is 9.69 Å². The van der Waals surface area contributed by atoms with Gasteiger partial charge in [0.05, 0.1) is 0 Å². The van der Waals surface area contributed by atoms with Gasteiger partial charge in [0, 0.05) is 26.1 Å². The van der Waals surface area contributed by atoms with Crippen LogP contribution in [0.2, 0.25) is 0 Å². The summed E-state index contributed by atoms with van der Waals surface area (Å²) in [5.74, 6) is 0.0719. The first kappa shape index (κ1) is 27.0. The van der Waals surface area contributed by atoms with Crippen LogP contribution in [-0.2, 0) is 30.9 Å². The molecule has 0 amide bonds. The monoisotopic (exact) mass is 521 g/mol. The maximum atomic E-state index is 10.8. The van der Waals surface area contributed by atoms with Crippen LogP contribution in [0.5, 0.6) is 5.75 Å². The summed E-state index contributed by atoms with van der Waals surface area (Å²) in [6, 6.07) is 23.8. The molecule has 0 atom stereocenters. The van der Waals surface area contributed by atoms with E-state index in [1.54, 1.807) is 0 Å². The van der Waals surface area contributed by atoms with Crippen LogP contribution in [0.15, 0.2) is 78.9 Å². The van der Waals surface area contributed by atoms with E-state index in [4.69, 9.17) is 9.84 Å². The maximum absolute atomic E-state index is 10.8. The summed E-state index contributed by atoms with van der Waals surface area (Å²) >= 11 is 0. The Kier molecular flexibility index (Phi) is 8.95. The first-order valence-electron chi connectivity index (χ1n) is 14.3. The summed E-state index contributed by atoms with van der Waals surface area (Å²) in [5, 5.41) is 8.85. The molecule has 2 aliphatic rings. The van der Waals surface area contributed by atoms with Crippen LogP contribution in [0.25, 0.3) is 11.1 Å². The first-order valence-corrected chi connectivity index (χ1v) is 14.3. The third kappa shape index (κ3) is 7.27. The molecule has 0 unspecified atom stereocenters. The number of fused-ring (bicyclic) bond motifs is 1. The van der Waals surface area contributed by atoms with Crippen LogP contribution in [0, 0.1) is 0 Å². The minimum absolute atomic E-state index is 0.155. The van der Waals surface area contributed by atoms with Crippen LogP contribution < -0.4 is 4.74 Å². The van der Waals surface area contributed by atoms with Crippen molar-refractivity contribution >= 4 is 17.1 Å². The van der Waals surface area contributed by atoms with Crippen molar-refractivity contribution in [2.45, 2.75) is 71.6 Å². The minimum Gasteiger partial charge on any atom is -0.489 e. The van der Waals surface area contributed by atoms with E-state index in [2.05, 4.69) is 53.4 Å². The highest BCUT2D eigenvalue weighted by Gasteiger charge is 2.19. The lowest BCUT2D eigenvalue weighted by Crippen LogP contribution is -2.30. The van der Waals surface area contributed by atoms with Crippen LogP contribution in [-0.4, -0.2) is 22.5 Å². The molecule has 39 heavy (non-hydrogen) atoms. The zero-order valence-electron chi connectivity index (χ0n) is 23.0. The molecule has 1 N–H and O–H groups in total. The van der Waals surface area contributed by atoms with Crippen molar-refractivity contribution in [1.82, 2.24) is 4.90 Å². The second kappa shape index (κ2) is 12.9. The van der Waals surface area contributed by atoms with Gasteiger partial charge in [-0.1, -0.05) is 60.7 Å². The number of carbonyl (C=O) groups is 1. The van der Waals surface area contributed by atoms with Gasteiger partial charge in [0.2, 0.25) is 0 Å². The number of allylic oxidation sites excluding steroid dienone is 4. The molecule has 1 aliphatic carbocycles. The summed E-state index contributed by atoms with van der Waals surface area (Å²) in [6.07, 6.45) is 11.1. The summed E-state index contributed by atoms with van der Waals surface area (Å²) in [5.41, 5.74) is 10.6. The van der Waals surface area contributed by atoms with Crippen molar-refractivity contribution in [2.24, 2.45) is 0 Å². The third-order valence-electron chi connectivity index (χ3n) is 7.94. The number of carboxylic acid groups (broad SMARTS) is 1. The number of aliphatic carboxylic acids is 1. The average Bonchev–Trinajstić information content (AvgIpc) is 2.97. The molecule has 4 nitrogen and oxygen atoms in total. The molecule has 1 heterocycles. The molecule has 0 spiro atoms. The van der Waals surface area contributed by atoms with Crippen LogP contribution >= 0.6 is 0 Å². The number of hydrogen-bond donors (Lipinski definition) is 1. The number of benzene rings is 3. The number of rotatable bonds is 10. The molecule has 0 radical (unpaired) electrons. The van der Waals surface area contributed by atoms with Crippen molar-refractivity contribution in [3.05, 3.63) is 112 Å². The Hall–Kier alpha value is -3.63. The first-order chi connectivity index (χ1) is 19.0. The van der Waals surface area contributed by atoms with E-state index in [0.717, 1.165) is 49.4 Å². The molecule has 0 saturated heterocycles. The van der Waals surface area contributed by atoms with Gasteiger partial charge in [-0.15, -0.1) is 0 Å². The minimum atomic E-state index is -0.768. The van der Waals surface area contributed by atoms with E-state index in [1.165, 1.54) is 52.7 Å². The SMILES string of the molecule is CC(=CCCC(=O)O)c1ccc(OCc2ccc(CN3CCc4ccccc4C3)c(C3=CCCCC3)c2)cc1. The summed E-state index contributed by atoms with van der Waals surface area (Å²) in [6.45, 7) is 5.64. The Morgan fingerprint density at radius 3 is 2.59 bits per heavy atom. The zero-order chi connectivity index (χ0) is 27.0. The molecule has 3 aromatic carbocycles. The summed E-state index contributed by atoms with van der Waals surface area (Å²) in [4.78, 5) is 13.3. The van der Waals surface area contributed by atoms with Crippen molar-refractivity contribution < 1.29 is 14.6 Å². The molecule has 202 valence electrons. The van der Waals surface area contributed by atoms with Gasteiger partial charge >= 0.3 is 5.97 Å². The van der Waals surface area contributed by atoms with Crippen molar-refractivity contribution in [3.63, 3.8) is 0 Å². The molecule has 1 aliphatic heterocycles. The van der Waals surface area contributed by atoms with E-state index >= 15 is 0 Å². The highest BCUT2D eigenvalue weighted by Crippen LogP contribution is 2.32. The second-order valence-corrected chi connectivity index (χ2v) is 10.8. The second-order valence-electron chi connectivity index (χ2n) is 10.8. The summed E-state index contributed by atoms with van der Waals surface area (Å²) in [7, 11) is 0. The summed E-state index contributed by atoms with van der Waals surface area (Å²) < 4.78 is 6.18. The average molecular weight is 522 g/mol. The number of nitrogens with zero attached hydrogens (tertiary/aromatic N) is 1. The van der Waals surface area contributed by atoms with Crippen molar-refractivity contribution in [2.75, 3.05) is 6.54 Å². The Balaban J connectivity index is 1.26. The zero-order valence-corrected chi connectivity index (χ0v) is 23.0. The fourth-order valence-electron chi connectivity index (χ4n) is 5.67. The third-order valence-corrected chi connectivity index (χ3v) is 7.94. The molecule has 0 saturated carbocycles. The lowest BCUT2D eigenvalue weighted by atomic mass is 9.89. The lowest BCUT2D eigenvalue weighted by molar-refractivity contribution is -0.136. The Labute approximate surface area is 232 Å². The number of carboxylic acids is 1. The van der Waals surface area contributed by atoms with Crippen LogP contribution in [0.4, 0.5) is 0 Å². The molecule has 0 aromatic heterocycles. The maximum Gasteiger partial charge on any atom is 0.303 e. The molecular weight excluding hydrogens is 482 g/mol. The van der Waals surface area contributed by atoms with Gasteiger partial charge in [0.1, 0.15) is 12.4 Å². The van der Waals surface area contributed by atoms with Gasteiger partial charge in [-0.25, -0.2) is 0 Å². The number of ether oxygens (including phenoxy) is 1. The van der Waals surface area contributed by atoms with Gasteiger partial charge in [-0.2, -0.15) is 0 Å². The molecule has 5 rings (SSSR count). The van der Waals surface area contributed by atoms with Crippen molar-refractivity contribution in [1.29, 1.82) is 0 Å². The molecule has 0 fully saturated rings. The Morgan fingerprint density at radius 2 is 1.82 bits per heavy atom. The normalized spacial score (nSPS) is 15.9. The van der Waals surface area contributed by atoms with E-state index < -0.39 is 5.97 Å². The van der Waals surface area contributed by atoms with Crippen LogP contribution in [0.1, 0.15) is 78.8 Å². The topological polar surface area (TPSA) is 49.8 Å². The molecule has 3 aromatic rings. The smallest absolute Gasteiger partial charge is 0.303 e. The van der Waals surface area contributed by atoms with E-state index in [1.807, 2.05) is 37.3 Å². The van der Waals surface area contributed by atoms with E-state index in [-0.39, 0.29) is 6.42 Å². The molecular formula is C35H39NO3. The van der Waals surface area contributed by atoms with E-state index in [0.29, 0.717) is 13.0 Å². The predicted molar refractivity (Wildman–Crippen MR) is 158 cm³/mol. The largest absolute Gasteiger partial charge is 0.489 e. The standard InChI is InChI=1S/C35H39NO3/c1-26(8-7-13-35(37)38)28-16-18-33(19-17-28)39-25-27-14-15-32(34(22-27)30-10-3-2-4-11-30)24-36-21-20-29-9-5-6-12-31(29)23-36/h5-6,8-10,12,14-19,22H,2-4,7,11,13,20-21,23-25H2,1H3,(H,37,38). The van der Waals surface area contributed by atoms with Crippen molar-refractivity contribution in [3.8, 4) is 5.75 Å². The molecule has 4 heteroatoms. The lowest BCUT2D eigenvalue weighted by Gasteiger charge is -2.30. The van der Waals surface area contributed by atoms with E-state index in [9.17, 15) is 4.79 Å². The number of hydrogen-bond acceptors (Lipinski definition) is 3. The highest BCUT2D eigenvalue weighted by molar-refractivity contribution is 5.70. The van der Waals surface area contributed by atoms with Gasteiger partial charge in [0.25, 0.3) is 0 Å². The highest BCUT2D eigenvalue weighted by atomic mass is 16.5. The predicted octanol–water partition coefficient (Wildman–Crippen LogP) is 8.05. The van der Waals surface area contributed by atoms with Gasteiger partial charge in [0.15, 0.2) is 0 Å². The quantitative estimate of drug-likeness (QED) is 0.293. The van der Waals surface area contributed by atoms with Gasteiger partial charge in [-0.05, 0) is 108 Å². The fraction of sp³-hybridized carbons (Fsp3) is 0.343. The van der Waals surface area contributed by atoms with Crippen LogP contribution in [0.3, 0.4) is 0 Å². The Morgan fingerprint density at radius 1 is 1.00 bits per heavy atom. The Bertz CT molecular complexity index is 1350.